The first-order valence-corrected chi connectivity index (χ1v) is 7.02. The van der Waals surface area contributed by atoms with E-state index >= 15 is 0 Å². The number of amides is 1. The van der Waals surface area contributed by atoms with Gasteiger partial charge in [0.2, 0.25) is 0 Å². The molecule has 5 nitrogen and oxygen atoms in total. The molecule has 0 spiro atoms. The summed E-state index contributed by atoms with van der Waals surface area (Å²) >= 11 is 1.50. The Morgan fingerprint density at radius 2 is 2.33 bits per heavy atom. The van der Waals surface area contributed by atoms with Gasteiger partial charge in [0, 0.05) is 18.5 Å². The van der Waals surface area contributed by atoms with Crippen LogP contribution in [0.2, 0.25) is 0 Å². The summed E-state index contributed by atoms with van der Waals surface area (Å²) in [6, 6.07) is 0. The molecule has 6 heteroatoms. The summed E-state index contributed by atoms with van der Waals surface area (Å²) in [5.74, 6) is 0.0139. The van der Waals surface area contributed by atoms with Gasteiger partial charge in [-0.1, -0.05) is 0 Å². The summed E-state index contributed by atoms with van der Waals surface area (Å²) in [4.78, 5) is 18.2. The van der Waals surface area contributed by atoms with Crippen molar-refractivity contribution in [2.24, 2.45) is 0 Å². The first-order valence-electron chi connectivity index (χ1n) is 6.14. The fourth-order valence-electron chi connectivity index (χ4n) is 2.07. The number of thiazole rings is 1. The van der Waals surface area contributed by atoms with Crippen LogP contribution in [0.4, 0.5) is 0 Å². The standard InChI is InChI=1S/C12H18N2O3S/c1-9-13-11(8-18-9)12(16)14-4-2-10(3-5-14)17-7-6-15/h8,10,15H,2-7H2,1H3. The van der Waals surface area contributed by atoms with Crippen LogP contribution < -0.4 is 0 Å². The largest absolute Gasteiger partial charge is 0.394 e. The van der Waals surface area contributed by atoms with Crippen molar-refractivity contribution in [2.75, 3.05) is 26.3 Å². The highest BCUT2D eigenvalue weighted by molar-refractivity contribution is 7.09. The van der Waals surface area contributed by atoms with Crippen LogP contribution in [-0.4, -0.2) is 53.3 Å². The first kappa shape index (κ1) is 13.5. The molecule has 1 amide bonds. The smallest absolute Gasteiger partial charge is 0.273 e. The van der Waals surface area contributed by atoms with Gasteiger partial charge in [-0.2, -0.15) is 0 Å². The van der Waals surface area contributed by atoms with Gasteiger partial charge in [-0.05, 0) is 19.8 Å². The number of aliphatic hydroxyl groups is 1. The topological polar surface area (TPSA) is 62.7 Å². The minimum atomic E-state index is 0.0139. The zero-order valence-electron chi connectivity index (χ0n) is 10.5. The van der Waals surface area contributed by atoms with Crippen molar-refractivity contribution in [3.63, 3.8) is 0 Å². The molecule has 1 aromatic heterocycles. The molecule has 18 heavy (non-hydrogen) atoms. The number of carbonyl (C=O) groups excluding carboxylic acids is 1. The molecular weight excluding hydrogens is 252 g/mol. The fraction of sp³-hybridized carbons (Fsp3) is 0.667. The van der Waals surface area contributed by atoms with Crippen LogP contribution >= 0.6 is 11.3 Å². The van der Waals surface area contributed by atoms with Gasteiger partial charge in [0.15, 0.2) is 0 Å². The number of hydrogen-bond donors (Lipinski definition) is 1. The van der Waals surface area contributed by atoms with Crippen LogP contribution in [0.1, 0.15) is 28.3 Å². The minimum absolute atomic E-state index is 0.0139. The molecule has 1 aromatic rings. The number of carbonyl (C=O) groups is 1. The monoisotopic (exact) mass is 270 g/mol. The lowest BCUT2D eigenvalue weighted by atomic mass is 10.1. The molecule has 1 N–H and O–H groups in total. The van der Waals surface area contributed by atoms with Crippen molar-refractivity contribution in [3.8, 4) is 0 Å². The Bertz CT molecular complexity index is 400. The van der Waals surface area contributed by atoms with E-state index < -0.39 is 0 Å². The van der Waals surface area contributed by atoms with E-state index in [1.165, 1.54) is 11.3 Å². The molecule has 1 fully saturated rings. The Morgan fingerprint density at radius 3 is 2.89 bits per heavy atom. The second-order valence-corrected chi connectivity index (χ2v) is 5.40. The van der Waals surface area contributed by atoms with Gasteiger partial charge in [0.05, 0.1) is 24.3 Å². The number of hydrogen-bond acceptors (Lipinski definition) is 5. The number of rotatable bonds is 4. The normalized spacial score (nSPS) is 17.1. The van der Waals surface area contributed by atoms with Crippen LogP contribution in [0.15, 0.2) is 5.38 Å². The number of piperidine rings is 1. The second kappa shape index (κ2) is 6.26. The summed E-state index contributed by atoms with van der Waals surface area (Å²) in [7, 11) is 0. The Labute approximate surface area is 110 Å². The quantitative estimate of drug-likeness (QED) is 0.889. The van der Waals surface area contributed by atoms with Crippen molar-refractivity contribution in [3.05, 3.63) is 16.1 Å². The Hall–Kier alpha value is -0.980. The van der Waals surface area contributed by atoms with E-state index in [9.17, 15) is 4.79 Å². The molecule has 2 rings (SSSR count). The predicted octanol–water partition coefficient (Wildman–Crippen LogP) is 1.07. The maximum absolute atomic E-state index is 12.1. The van der Waals surface area contributed by atoms with E-state index in [1.807, 2.05) is 17.2 Å². The van der Waals surface area contributed by atoms with Gasteiger partial charge < -0.3 is 14.7 Å². The number of likely N-dealkylation sites (tertiary alicyclic amines) is 1. The third kappa shape index (κ3) is 3.28. The van der Waals surface area contributed by atoms with Crippen LogP contribution in [0.5, 0.6) is 0 Å². The third-order valence-corrected chi connectivity index (χ3v) is 3.79. The summed E-state index contributed by atoms with van der Waals surface area (Å²) in [6.07, 6.45) is 1.82. The maximum atomic E-state index is 12.1. The molecule has 0 radical (unpaired) electrons. The molecule has 0 saturated carbocycles. The first-order chi connectivity index (χ1) is 8.70. The number of ether oxygens (including phenoxy) is 1. The molecular formula is C12H18N2O3S. The van der Waals surface area contributed by atoms with Gasteiger partial charge in [0.1, 0.15) is 5.69 Å². The lowest BCUT2D eigenvalue weighted by Crippen LogP contribution is -2.41. The molecule has 0 unspecified atom stereocenters. The Kier molecular flexibility index (Phi) is 4.68. The number of aliphatic hydroxyl groups excluding tert-OH is 1. The maximum Gasteiger partial charge on any atom is 0.273 e. The van der Waals surface area contributed by atoms with E-state index in [1.54, 1.807) is 0 Å². The zero-order valence-corrected chi connectivity index (χ0v) is 11.3. The van der Waals surface area contributed by atoms with Crippen molar-refractivity contribution < 1.29 is 14.6 Å². The average Bonchev–Trinajstić information content (AvgIpc) is 2.83. The van der Waals surface area contributed by atoms with Crippen molar-refractivity contribution >= 4 is 17.2 Å². The van der Waals surface area contributed by atoms with Crippen molar-refractivity contribution in [1.82, 2.24) is 9.88 Å². The van der Waals surface area contributed by atoms with E-state index in [2.05, 4.69) is 4.98 Å². The SMILES string of the molecule is Cc1nc(C(=O)N2CCC(OCCO)CC2)cs1. The van der Waals surface area contributed by atoms with Crippen molar-refractivity contribution in [2.45, 2.75) is 25.9 Å². The Balaban J connectivity index is 1.84. The summed E-state index contributed by atoms with van der Waals surface area (Å²) < 4.78 is 5.47. The van der Waals surface area contributed by atoms with Crippen LogP contribution in [0.3, 0.4) is 0 Å². The third-order valence-electron chi connectivity index (χ3n) is 3.01. The summed E-state index contributed by atoms with van der Waals surface area (Å²) in [5, 5.41) is 11.4. The molecule has 1 aliphatic heterocycles. The molecule has 0 aliphatic carbocycles. The summed E-state index contributed by atoms with van der Waals surface area (Å²) in [5.41, 5.74) is 0.548. The minimum Gasteiger partial charge on any atom is -0.394 e. The average molecular weight is 270 g/mol. The number of aryl methyl sites for hydroxylation is 1. The van der Waals surface area contributed by atoms with Gasteiger partial charge in [0.25, 0.3) is 5.91 Å². The summed E-state index contributed by atoms with van der Waals surface area (Å²) in [6.45, 7) is 3.73. The lowest BCUT2D eigenvalue weighted by molar-refractivity contribution is -0.00563. The molecule has 0 atom stereocenters. The molecule has 2 heterocycles. The van der Waals surface area contributed by atoms with Crippen LogP contribution in [-0.2, 0) is 4.74 Å². The highest BCUT2D eigenvalue weighted by Gasteiger charge is 2.25. The second-order valence-electron chi connectivity index (χ2n) is 4.34. The van der Waals surface area contributed by atoms with Gasteiger partial charge >= 0.3 is 0 Å². The van der Waals surface area contributed by atoms with E-state index in [-0.39, 0.29) is 18.6 Å². The fourth-order valence-corrected chi connectivity index (χ4v) is 2.66. The number of nitrogens with zero attached hydrogens (tertiary/aromatic N) is 2. The van der Waals surface area contributed by atoms with E-state index in [0.29, 0.717) is 25.4 Å². The van der Waals surface area contributed by atoms with Gasteiger partial charge in [-0.3, -0.25) is 4.79 Å². The van der Waals surface area contributed by atoms with Crippen LogP contribution in [0.25, 0.3) is 0 Å². The van der Waals surface area contributed by atoms with Crippen molar-refractivity contribution in [1.29, 1.82) is 0 Å². The van der Waals surface area contributed by atoms with Crippen LogP contribution in [0, 0.1) is 6.92 Å². The van der Waals surface area contributed by atoms with E-state index in [0.717, 1.165) is 17.8 Å². The van der Waals surface area contributed by atoms with E-state index in [4.69, 9.17) is 9.84 Å². The molecule has 0 bridgehead atoms. The molecule has 1 aliphatic rings. The number of aromatic nitrogens is 1. The van der Waals surface area contributed by atoms with Gasteiger partial charge in [-0.15, -0.1) is 11.3 Å². The van der Waals surface area contributed by atoms with Gasteiger partial charge in [-0.25, -0.2) is 4.98 Å². The Morgan fingerprint density at radius 1 is 1.61 bits per heavy atom. The lowest BCUT2D eigenvalue weighted by Gasteiger charge is -2.31. The molecule has 100 valence electrons. The molecule has 0 aromatic carbocycles. The predicted molar refractivity (Wildman–Crippen MR) is 68.8 cm³/mol. The molecule has 1 saturated heterocycles. The zero-order chi connectivity index (χ0) is 13.0. The highest BCUT2D eigenvalue weighted by Crippen LogP contribution is 2.17. The highest BCUT2D eigenvalue weighted by atomic mass is 32.1.